The molecule has 2 fully saturated rings. The van der Waals surface area contributed by atoms with E-state index >= 15 is 0 Å². The zero-order valence-electron chi connectivity index (χ0n) is 9.41. The highest BCUT2D eigenvalue weighted by Crippen LogP contribution is 2.28. The van der Waals surface area contributed by atoms with Gasteiger partial charge in [0.25, 0.3) is 0 Å². The van der Waals surface area contributed by atoms with Crippen LogP contribution >= 0.6 is 0 Å². The van der Waals surface area contributed by atoms with Crippen LogP contribution in [0.5, 0.6) is 0 Å². The Bertz CT molecular complexity index is 164. The van der Waals surface area contributed by atoms with E-state index in [-0.39, 0.29) is 12.4 Å². The fourth-order valence-corrected chi connectivity index (χ4v) is 1.43. The van der Waals surface area contributed by atoms with Crippen molar-refractivity contribution in [3.8, 4) is 0 Å². The van der Waals surface area contributed by atoms with Crippen molar-refractivity contribution >= 4 is 0 Å². The molecule has 1 atom stereocenters. The van der Waals surface area contributed by atoms with Gasteiger partial charge < -0.3 is 18.9 Å². The summed E-state index contributed by atoms with van der Waals surface area (Å²) in [5.41, 5.74) is 0. The summed E-state index contributed by atoms with van der Waals surface area (Å²) in [6.07, 6.45) is 0.00402. The van der Waals surface area contributed by atoms with E-state index in [4.69, 9.17) is 18.9 Å². The number of ether oxygens (including phenoxy) is 4. The molecule has 84 valence electrons. The van der Waals surface area contributed by atoms with Crippen molar-refractivity contribution in [3.05, 3.63) is 0 Å². The van der Waals surface area contributed by atoms with Gasteiger partial charge in [-0.05, 0) is 13.8 Å². The molecule has 2 aliphatic rings. The molecule has 14 heavy (non-hydrogen) atoms. The summed E-state index contributed by atoms with van der Waals surface area (Å²) in [4.78, 5) is 0. The molecular weight excluding hydrogens is 184 g/mol. The third kappa shape index (κ3) is 2.67. The lowest BCUT2D eigenvalue weighted by Gasteiger charge is -2.34. The number of hydrogen-bond acceptors (Lipinski definition) is 4. The molecule has 0 amide bonds. The first-order chi connectivity index (χ1) is 6.70. The van der Waals surface area contributed by atoms with Gasteiger partial charge in [-0.15, -0.1) is 0 Å². The molecule has 0 aromatic heterocycles. The second kappa shape index (κ2) is 5.07. The Kier molecular flexibility index (Phi) is 4.31. The molecule has 0 bridgehead atoms. The molecule has 0 saturated carbocycles. The molecule has 0 aliphatic carbocycles. The van der Waals surface area contributed by atoms with Crippen molar-refractivity contribution in [2.45, 2.75) is 45.9 Å². The van der Waals surface area contributed by atoms with Gasteiger partial charge in [-0.25, -0.2) is 0 Å². The van der Waals surface area contributed by atoms with Crippen molar-refractivity contribution in [2.75, 3.05) is 19.8 Å². The van der Waals surface area contributed by atoms with Crippen LogP contribution < -0.4 is 0 Å². The van der Waals surface area contributed by atoms with Crippen LogP contribution in [0.2, 0.25) is 0 Å². The molecule has 1 unspecified atom stereocenters. The zero-order chi connectivity index (χ0) is 10.6. The molecule has 2 rings (SSSR count). The van der Waals surface area contributed by atoms with Crippen LogP contribution in [-0.4, -0.2) is 38.0 Å². The fourth-order valence-electron chi connectivity index (χ4n) is 1.43. The minimum atomic E-state index is -0.619. The molecule has 0 radical (unpaired) electrons. The van der Waals surface area contributed by atoms with Gasteiger partial charge in [0.15, 0.2) is 6.29 Å². The van der Waals surface area contributed by atoms with E-state index in [0.717, 1.165) is 0 Å². The van der Waals surface area contributed by atoms with Crippen LogP contribution in [0.25, 0.3) is 0 Å². The minimum Gasteiger partial charge on any atom is -0.347 e. The van der Waals surface area contributed by atoms with E-state index in [9.17, 15) is 0 Å². The lowest BCUT2D eigenvalue weighted by molar-refractivity contribution is -0.314. The van der Waals surface area contributed by atoms with Gasteiger partial charge in [0.05, 0.1) is 12.7 Å². The molecule has 0 N–H and O–H groups in total. The van der Waals surface area contributed by atoms with Crippen LogP contribution in [0.3, 0.4) is 0 Å². The van der Waals surface area contributed by atoms with E-state index in [2.05, 4.69) is 0 Å². The highest BCUT2D eigenvalue weighted by Gasteiger charge is 2.44. The molecule has 0 aromatic rings. The Hall–Kier alpha value is -0.160. The average Bonchev–Trinajstić information content (AvgIpc) is 2.57. The second-order valence-electron chi connectivity index (χ2n) is 3.34. The van der Waals surface area contributed by atoms with Crippen LogP contribution in [0, 0.1) is 0 Å². The molecule has 1 spiro atoms. The Morgan fingerprint density at radius 1 is 1.07 bits per heavy atom. The SMILES string of the molecule is CC.CC1COC2(COC(C)OC2)O1. The maximum absolute atomic E-state index is 5.57. The highest BCUT2D eigenvalue weighted by atomic mass is 16.8. The summed E-state index contributed by atoms with van der Waals surface area (Å²) >= 11 is 0. The second-order valence-corrected chi connectivity index (χ2v) is 3.34. The van der Waals surface area contributed by atoms with Crippen molar-refractivity contribution in [1.29, 1.82) is 0 Å². The van der Waals surface area contributed by atoms with Gasteiger partial charge in [0.1, 0.15) is 13.2 Å². The van der Waals surface area contributed by atoms with Gasteiger partial charge in [-0.2, -0.15) is 0 Å². The van der Waals surface area contributed by atoms with Gasteiger partial charge >= 0.3 is 0 Å². The van der Waals surface area contributed by atoms with Crippen molar-refractivity contribution in [1.82, 2.24) is 0 Å². The highest BCUT2D eigenvalue weighted by molar-refractivity contribution is 4.79. The van der Waals surface area contributed by atoms with Gasteiger partial charge in [-0.3, -0.25) is 0 Å². The van der Waals surface area contributed by atoms with E-state index in [1.54, 1.807) is 0 Å². The summed E-state index contributed by atoms with van der Waals surface area (Å²) < 4.78 is 21.6. The van der Waals surface area contributed by atoms with E-state index in [0.29, 0.717) is 19.8 Å². The number of hydrogen-bond donors (Lipinski definition) is 0. The predicted octanol–water partition coefficient (Wildman–Crippen LogP) is 1.54. The van der Waals surface area contributed by atoms with Crippen LogP contribution in [0.4, 0.5) is 0 Å². The lowest BCUT2D eigenvalue weighted by Crippen LogP contribution is -2.47. The van der Waals surface area contributed by atoms with Crippen LogP contribution in [0.15, 0.2) is 0 Å². The summed E-state index contributed by atoms with van der Waals surface area (Å²) in [6.45, 7) is 9.41. The Balaban J connectivity index is 0.000000461. The fraction of sp³-hybridized carbons (Fsp3) is 1.00. The van der Waals surface area contributed by atoms with Gasteiger partial charge in [-0.1, -0.05) is 13.8 Å². The predicted molar refractivity (Wildman–Crippen MR) is 51.9 cm³/mol. The van der Waals surface area contributed by atoms with Gasteiger partial charge in [0, 0.05) is 0 Å². The largest absolute Gasteiger partial charge is 0.347 e. The first-order valence-electron chi connectivity index (χ1n) is 5.25. The first kappa shape index (κ1) is 11.9. The zero-order valence-corrected chi connectivity index (χ0v) is 9.41. The van der Waals surface area contributed by atoms with Crippen molar-refractivity contribution in [3.63, 3.8) is 0 Å². The van der Waals surface area contributed by atoms with E-state index < -0.39 is 5.79 Å². The molecule has 0 aromatic carbocycles. The standard InChI is InChI=1S/C8H14O4.C2H6/c1-6-3-11-8(12-6)4-9-7(2)10-5-8;1-2/h6-7H,3-5H2,1-2H3;1-2H3. The first-order valence-corrected chi connectivity index (χ1v) is 5.25. The molecule has 4 heteroatoms. The summed E-state index contributed by atoms with van der Waals surface area (Å²) in [5.74, 6) is -0.619. The van der Waals surface area contributed by atoms with Gasteiger partial charge in [0.2, 0.25) is 5.79 Å². The lowest BCUT2D eigenvalue weighted by atomic mass is 10.3. The minimum absolute atomic E-state index is 0.140. The molecule has 2 heterocycles. The smallest absolute Gasteiger partial charge is 0.216 e. The molecule has 2 saturated heterocycles. The molecular formula is C10H20O4. The topological polar surface area (TPSA) is 36.9 Å². The summed E-state index contributed by atoms with van der Waals surface area (Å²) in [5, 5.41) is 0. The maximum atomic E-state index is 5.57. The normalized spacial score (nSPS) is 42.0. The quantitative estimate of drug-likeness (QED) is 0.599. The van der Waals surface area contributed by atoms with Crippen LogP contribution in [-0.2, 0) is 18.9 Å². The van der Waals surface area contributed by atoms with Crippen molar-refractivity contribution < 1.29 is 18.9 Å². The van der Waals surface area contributed by atoms with Crippen molar-refractivity contribution in [2.24, 2.45) is 0 Å². The van der Waals surface area contributed by atoms with E-state index in [1.807, 2.05) is 27.7 Å². The average molecular weight is 204 g/mol. The van der Waals surface area contributed by atoms with Crippen LogP contribution in [0.1, 0.15) is 27.7 Å². The monoisotopic (exact) mass is 204 g/mol. The number of rotatable bonds is 0. The third-order valence-electron chi connectivity index (χ3n) is 2.07. The molecule has 2 aliphatic heterocycles. The Morgan fingerprint density at radius 3 is 2.07 bits per heavy atom. The summed E-state index contributed by atoms with van der Waals surface area (Å²) in [7, 11) is 0. The Morgan fingerprint density at radius 2 is 1.64 bits per heavy atom. The maximum Gasteiger partial charge on any atom is 0.216 e. The molecule has 4 nitrogen and oxygen atoms in total. The third-order valence-corrected chi connectivity index (χ3v) is 2.07. The summed E-state index contributed by atoms with van der Waals surface area (Å²) in [6, 6.07) is 0. The van der Waals surface area contributed by atoms with E-state index in [1.165, 1.54) is 0 Å². The Labute approximate surface area is 85.5 Å².